The predicted octanol–water partition coefficient (Wildman–Crippen LogP) is 4.72. The molecule has 0 saturated heterocycles. The first kappa shape index (κ1) is 20.6. The molecule has 9 heteroatoms. The van der Waals surface area contributed by atoms with Gasteiger partial charge in [0.1, 0.15) is 5.69 Å². The van der Waals surface area contributed by atoms with Gasteiger partial charge in [0.25, 0.3) is 5.91 Å². The fourth-order valence-electron chi connectivity index (χ4n) is 3.09. The minimum absolute atomic E-state index is 0.0317. The molecule has 3 heterocycles. The Labute approximate surface area is 182 Å². The number of carbonyl (C=O) groups excluding carboxylic acids is 2. The van der Waals surface area contributed by atoms with E-state index in [4.69, 9.17) is 20.8 Å². The van der Waals surface area contributed by atoms with Crippen molar-refractivity contribution in [3.8, 4) is 11.5 Å². The Kier molecular flexibility index (Phi) is 5.73. The van der Waals surface area contributed by atoms with Gasteiger partial charge in [-0.3, -0.25) is 4.79 Å². The van der Waals surface area contributed by atoms with Crippen LogP contribution in [-0.4, -0.2) is 33.2 Å². The molecule has 8 nitrogen and oxygen atoms in total. The Morgan fingerprint density at radius 3 is 2.77 bits per heavy atom. The maximum Gasteiger partial charge on any atom is 0.339 e. The highest BCUT2D eigenvalue weighted by atomic mass is 35.5. The zero-order valence-corrected chi connectivity index (χ0v) is 17.6. The van der Waals surface area contributed by atoms with Gasteiger partial charge in [-0.15, -0.1) is 0 Å². The van der Waals surface area contributed by atoms with E-state index in [9.17, 15) is 9.59 Å². The number of hydrogen-bond acceptors (Lipinski definition) is 6. The van der Waals surface area contributed by atoms with Crippen molar-refractivity contribution in [2.75, 3.05) is 11.9 Å². The van der Waals surface area contributed by atoms with Gasteiger partial charge in [0, 0.05) is 16.8 Å². The largest absolute Gasteiger partial charge is 0.463 e. The summed E-state index contributed by atoms with van der Waals surface area (Å²) in [4.78, 5) is 29.7. The van der Waals surface area contributed by atoms with Crippen LogP contribution in [0, 0.1) is 0 Å². The molecule has 4 rings (SSSR count). The molecule has 0 saturated carbocycles. The van der Waals surface area contributed by atoms with Crippen molar-refractivity contribution >= 4 is 40.2 Å². The summed E-state index contributed by atoms with van der Waals surface area (Å²) < 4.78 is 12.4. The lowest BCUT2D eigenvalue weighted by atomic mass is 10.1. The Morgan fingerprint density at radius 2 is 2.06 bits per heavy atom. The summed E-state index contributed by atoms with van der Waals surface area (Å²) in [6.07, 6.45) is 3.09. The number of halogens is 1. The lowest BCUT2D eigenvalue weighted by molar-refractivity contribution is -0.119. The van der Waals surface area contributed by atoms with E-state index in [0.717, 1.165) is 0 Å². The Balaban J connectivity index is 1.59. The third-order valence-electron chi connectivity index (χ3n) is 4.49. The second-order valence-corrected chi connectivity index (χ2v) is 7.52. The number of furan rings is 1. The van der Waals surface area contributed by atoms with Crippen molar-refractivity contribution in [3.05, 3.63) is 65.5 Å². The number of benzene rings is 1. The van der Waals surface area contributed by atoms with Gasteiger partial charge in [0.15, 0.2) is 18.0 Å². The number of nitrogens with zero attached hydrogens (tertiary/aromatic N) is 3. The average Bonchev–Trinajstić information content (AvgIpc) is 3.41. The van der Waals surface area contributed by atoms with Crippen molar-refractivity contribution < 1.29 is 18.7 Å². The number of anilines is 1. The third-order valence-corrected chi connectivity index (χ3v) is 4.73. The SMILES string of the molecule is CC(C)n1ncc2c(C(=O)OCC(=O)Nc3cccc(Cl)c3)cc(-c3ccco3)nc21. The average molecular weight is 439 g/mol. The number of pyridine rings is 1. The van der Waals surface area contributed by atoms with Crippen LogP contribution in [0.3, 0.4) is 0 Å². The molecule has 1 amide bonds. The van der Waals surface area contributed by atoms with E-state index in [1.54, 1.807) is 53.3 Å². The highest BCUT2D eigenvalue weighted by Crippen LogP contribution is 2.27. The molecule has 1 N–H and O–H groups in total. The van der Waals surface area contributed by atoms with E-state index in [1.165, 1.54) is 6.26 Å². The molecule has 3 aromatic heterocycles. The molecule has 0 radical (unpaired) electrons. The fourth-order valence-corrected chi connectivity index (χ4v) is 3.28. The molecule has 1 aromatic carbocycles. The van der Waals surface area contributed by atoms with Crippen LogP contribution in [0.25, 0.3) is 22.5 Å². The number of ether oxygens (including phenoxy) is 1. The second-order valence-electron chi connectivity index (χ2n) is 7.09. The van der Waals surface area contributed by atoms with Crippen molar-refractivity contribution in [1.82, 2.24) is 14.8 Å². The molecule has 158 valence electrons. The number of hydrogen-bond donors (Lipinski definition) is 1. The zero-order valence-electron chi connectivity index (χ0n) is 16.8. The normalized spacial score (nSPS) is 11.1. The second kappa shape index (κ2) is 8.61. The molecule has 0 fully saturated rings. The van der Waals surface area contributed by atoms with Gasteiger partial charge in [-0.2, -0.15) is 5.10 Å². The summed E-state index contributed by atoms with van der Waals surface area (Å²) in [5.74, 6) is -0.638. The topological polar surface area (TPSA) is 99.2 Å². The van der Waals surface area contributed by atoms with Gasteiger partial charge in [-0.25, -0.2) is 14.5 Å². The van der Waals surface area contributed by atoms with Crippen LogP contribution in [0.4, 0.5) is 5.69 Å². The molecule has 0 aliphatic carbocycles. The number of carbonyl (C=O) groups is 2. The molecular formula is C22H19ClN4O4. The van der Waals surface area contributed by atoms with Crippen LogP contribution in [0.2, 0.25) is 5.02 Å². The van der Waals surface area contributed by atoms with Gasteiger partial charge in [-0.05, 0) is 50.2 Å². The van der Waals surface area contributed by atoms with Crippen LogP contribution in [0.1, 0.15) is 30.2 Å². The maximum absolute atomic E-state index is 12.9. The molecule has 0 spiro atoms. The van der Waals surface area contributed by atoms with Crippen LogP contribution in [0.5, 0.6) is 0 Å². The molecule has 0 atom stereocenters. The standard InChI is InChI=1S/C22H19ClN4O4/c1-13(2)27-21-17(11-24-27)16(10-18(26-21)19-7-4-8-30-19)22(29)31-12-20(28)25-15-6-3-5-14(23)9-15/h3-11,13H,12H2,1-2H3,(H,25,28). The Bertz CT molecular complexity index is 1250. The molecule has 0 aliphatic rings. The van der Waals surface area contributed by atoms with Gasteiger partial charge in [-0.1, -0.05) is 17.7 Å². The number of amides is 1. The number of aromatic nitrogens is 3. The van der Waals surface area contributed by atoms with E-state index >= 15 is 0 Å². The zero-order chi connectivity index (χ0) is 22.0. The minimum Gasteiger partial charge on any atom is -0.463 e. The third kappa shape index (κ3) is 4.44. The summed E-state index contributed by atoms with van der Waals surface area (Å²) in [6.45, 7) is 3.47. The molecule has 31 heavy (non-hydrogen) atoms. The Morgan fingerprint density at radius 1 is 1.23 bits per heavy atom. The molecule has 0 aliphatic heterocycles. The summed E-state index contributed by atoms with van der Waals surface area (Å²) in [6, 6.07) is 11.8. The van der Waals surface area contributed by atoms with Gasteiger partial charge in [0.2, 0.25) is 0 Å². The molecule has 4 aromatic rings. The summed E-state index contributed by atoms with van der Waals surface area (Å²) in [7, 11) is 0. The first-order chi connectivity index (χ1) is 14.9. The number of esters is 1. The lowest BCUT2D eigenvalue weighted by Gasteiger charge is -2.10. The van der Waals surface area contributed by atoms with Crippen molar-refractivity contribution in [1.29, 1.82) is 0 Å². The van der Waals surface area contributed by atoms with Gasteiger partial charge < -0.3 is 14.5 Å². The van der Waals surface area contributed by atoms with E-state index in [1.807, 2.05) is 13.8 Å². The van der Waals surface area contributed by atoms with Gasteiger partial charge >= 0.3 is 5.97 Å². The number of nitrogens with one attached hydrogen (secondary N) is 1. The van der Waals surface area contributed by atoms with Crippen LogP contribution >= 0.6 is 11.6 Å². The smallest absolute Gasteiger partial charge is 0.339 e. The summed E-state index contributed by atoms with van der Waals surface area (Å²) in [5, 5.41) is 8.00. The highest BCUT2D eigenvalue weighted by molar-refractivity contribution is 6.30. The quantitative estimate of drug-likeness (QED) is 0.437. The minimum atomic E-state index is -0.662. The van der Waals surface area contributed by atoms with E-state index in [2.05, 4.69) is 15.4 Å². The van der Waals surface area contributed by atoms with Crippen LogP contribution < -0.4 is 5.32 Å². The number of rotatable bonds is 6. The molecular weight excluding hydrogens is 420 g/mol. The van der Waals surface area contributed by atoms with E-state index in [0.29, 0.717) is 33.2 Å². The van der Waals surface area contributed by atoms with E-state index in [-0.39, 0.29) is 11.6 Å². The lowest BCUT2D eigenvalue weighted by Crippen LogP contribution is -2.21. The van der Waals surface area contributed by atoms with Crippen molar-refractivity contribution in [2.24, 2.45) is 0 Å². The van der Waals surface area contributed by atoms with E-state index < -0.39 is 18.5 Å². The first-order valence-corrected chi connectivity index (χ1v) is 9.95. The van der Waals surface area contributed by atoms with Crippen molar-refractivity contribution in [3.63, 3.8) is 0 Å². The van der Waals surface area contributed by atoms with Crippen molar-refractivity contribution in [2.45, 2.75) is 19.9 Å². The monoisotopic (exact) mass is 438 g/mol. The predicted molar refractivity (Wildman–Crippen MR) is 116 cm³/mol. The first-order valence-electron chi connectivity index (χ1n) is 9.57. The fraction of sp³-hybridized carbons (Fsp3) is 0.182. The van der Waals surface area contributed by atoms with Crippen LogP contribution in [0.15, 0.2) is 59.3 Å². The summed E-state index contributed by atoms with van der Waals surface area (Å²) >= 11 is 5.91. The maximum atomic E-state index is 12.9. The Hall–Kier alpha value is -3.65. The van der Waals surface area contributed by atoms with Gasteiger partial charge in [0.05, 0.1) is 23.4 Å². The highest BCUT2D eigenvalue weighted by Gasteiger charge is 2.21. The van der Waals surface area contributed by atoms with Crippen LogP contribution in [-0.2, 0) is 9.53 Å². The molecule has 0 unspecified atom stereocenters. The molecule has 0 bridgehead atoms. The number of fused-ring (bicyclic) bond motifs is 1. The summed E-state index contributed by atoms with van der Waals surface area (Å²) in [5.41, 5.74) is 1.76.